The molecule has 8 heteroatoms. The molecular weight excluding hydrogens is 411 g/mol. The number of nitrogens with one attached hydrogen (secondary N) is 1. The van der Waals surface area contributed by atoms with E-state index in [4.69, 9.17) is 25.5 Å². The minimum Gasteiger partial charge on any atom is -0.494 e. The topological polar surface area (TPSA) is 73.1 Å². The Bertz CT molecular complexity index is 1160. The molecule has 0 unspecified atom stereocenters. The van der Waals surface area contributed by atoms with E-state index < -0.39 is 5.82 Å². The van der Waals surface area contributed by atoms with Gasteiger partial charge in [0, 0.05) is 29.6 Å². The maximum atomic E-state index is 14.1. The van der Waals surface area contributed by atoms with Crippen LogP contribution in [0.25, 0.3) is 11.0 Å². The molecule has 1 saturated heterocycles. The van der Waals surface area contributed by atoms with Crippen LogP contribution in [-0.2, 0) is 4.74 Å². The lowest BCUT2D eigenvalue weighted by Crippen LogP contribution is -2.34. The number of halogens is 2. The molecule has 0 radical (unpaired) electrons. The second-order valence-corrected chi connectivity index (χ2v) is 7.36. The summed E-state index contributed by atoms with van der Waals surface area (Å²) in [5, 5.41) is 4.04. The van der Waals surface area contributed by atoms with Gasteiger partial charge in [-0.1, -0.05) is 11.6 Å². The molecule has 1 fully saturated rings. The second kappa shape index (κ2) is 8.85. The smallest absolute Gasteiger partial charge is 0.256 e. The van der Waals surface area contributed by atoms with Gasteiger partial charge < -0.3 is 19.2 Å². The molecule has 1 aliphatic rings. The number of hydrogen-bond donors (Lipinski definition) is 1. The van der Waals surface area contributed by atoms with Gasteiger partial charge >= 0.3 is 0 Å². The van der Waals surface area contributed by atoms with Gasteiger partial charge in [0.15, 0.2) is 11.6 Å². The van der Waals surface area contributed by atoms with Crippen LogP contribution in [0.15, 0.2) is 51.9 Å². The Morgan fingerprint density at radius 2 is 2.17 bits per heavy atom. The quantitative estimate of drug-likeness (QED) is 0.652. The Kier molecular flexibility index (Phi) is 6.01. The van der Waals surface area contributed by atoms with E-state index in [-0.39, 0.29) is 28.9 Å². The number of carbonyl (C=O) groups excluding carboxylic acids is 1. The maximum Gasteiger partial charge on any atom is 0.256 e. The lowest BCUT2D eigenvalue weighted by molar-refractivity contribution is 0.0854. The first-order valence-electron chi connectivity index (χ1n) is 9.55. The zero-order valence-electron chi connectivity index (χ0n) is 16.3. The lowest BCUT2D eigenvalue weighted by Gasteiger charge is -2.11. The minimum atomic E-state index is -0.560. The largest absolute Gasteiger partial charge is 0.494 e. The highest BCUT2D eigenvalue weighted by atomic mass is 35.5. The minimum absolute atomic E-state index is 0.00291. The fourth-order valence-electron chi connectivity index (χ4n) is 3.30. The molecule has 30 heavy (non-hydrogen) atoms. The second-order valence-electron chi connectivity index (χ2n) is 6.92. The molecule has 0 saturated carbocycles. The first kappa shape index (κ1) is 20.4. The van der Waals surface area contributed by atoms with Gasteiger partial charge in [0.1, 0.15) is 11.1 Å². The van der Waals surface area contributed by atoms with Crippen LogP contribution in [0.3, 0.4) is 0 Å². The predicted octanol–water partition coefficient (Wildman–Crippen LogP) is 4.38. The monoisotopic (exact) mass is 430 g/mol. The average molecular weight is 431 g/mol. The summed E-state index contributed by atoms with van der Waals surface area (Å²) in [7, 11) is 1.38. The molecule has 2 aromatic carbocycles. The third-order valence-electron chi connectivity index (χ3n) is 4.83. The molecular formula is C22H20ClFN2O4. The molecule has 0 spiro atoms. The summed E-state index contributed by atoms with van der Waals surface area (Å²) >= 11 is 6.08. The Labute approximate surface area is 177 Å². The van der Waals surface area contributed by atoms with Gasteiger partial charge in [-0.05, 0) is 49.2 Å². The molecule has 1 aromatic heterocycles. The van der Waals surface area contributed by atoms with E-state index in [9.17, 15) is 9.18 Å². The third-order valence-corrected chi connectivity index (χ3v) is 5.07. The van der Waals surface area contributed by atoms with Crippen molar-refractivity contribution >= 4 is 34.2 Å². The first-order valence-corrected chi connectivity index (χ1v) is 9.93. The van der Waals surface area contributed by atoms with Crippen LogP contribution >= 0.6 is 11.6 Å². The highest BCUT2D eigenvalue weighted by molar-refractivity contribution is 6.31. The van der Waals surface area contributed by atoms with Crippen LogP contribution in [0.4, 0.5) is 10.1 Å². The molecule has 1 amide bonds. The van der Waals surface area contributed by atoms with Crippen molar-refractivity contribution in [3.63, 3.8) is 0 Å². The van der Waals surface area contributed by atoms with E-state index in [2.05, 4.69) is 10.3 Å². The van der Waals surface area contributed by atoms with Gasteiger partial charge in [-0.2, -0.15) is 0 Å². The molecule has 3 aromatic rings. The molecule has 1 atom stereocenters. The van der Waals surface area contributed by atoms with Gasteiger partial charge in [-0.25, -0.2) is 9.38 Å². The first-order chi connectivity index (χ1) is 14.5. The highest BCUT2D eigenvalue weighted by Gasteiger charge is 2.19. The number of fused-ring (bicyclic) bond motifs is 1. The van der Waals surface area contributed by atoms with Crippen molar-refractivity contribution in [2.24, 2.45) is 4.99 Å². The van der Waals surface area contributed by atoms with E-state index in [1.54, 1.807) is 30.3 Å². The standard InChI is InChI=1S/C22H20ClFN2O4/c1-28-20-7-5-15(11-18(20)24)26-22-17(21(27)25-12-16-3-2-8-29-16)10-13-9-14(23)4-6-19(13)30-22/h4-7,9-11,16H,2-3,8,12H2,1H3,(H,25,27)/t16-/m0/s1. The Morgan fingerprint density at radius 3 is 2.90 bits per heavy atom. The third kappa shape index (κ3) is 4.47. The Hall–Kier alpha value is -2.90. The van der Waals surface area contributed by atoms with Crippen molar-refractivity contribution in [3.05, 3.63) is 64.4 Å². The van der Waals surface area contributed by atoms with E-state index in [1.807, 2.05) is 0 Å². The van der Waals surface area contributed by atoms with Crippen molar-refractivity contribution in [2.45, 2.75) is 18.9 Å². The summed E-state index contributed by atoms with van der Waals surface area (Å²) in [5.41, 5.74) is 1.08. The molecule has 1 N–H and O–H groups in total. The molecule has 1 aliphatic heterocycles. The van der Waals surface area contributed by atoms with Crippen molar-refractivity contribution < 1.29 is 23.1 Å². The number of methoxy groups -OCH3 is 1. The van der Waals surface area contributed by atoms with Crippen LogP contribution in [0.1, 0.15) is 23.2 Å². The van der Waals surface area contributed by atoms with Gasteiger partial charge in [0.2, 0.25) is 5.55 Å². The number of carbonyl (C=O) groups is 1. The van der Waals surface area contributed by atoms with E-state index in [1.165, 1.54) is 19.2 Å². The number of hydrogen-bond acceptors (Lipinski definition) is 5. The number of ether oxygens (including phenoxy) is 2. The summed E-state index contributed by atoms with van der Waals surface area (Å²) in [6, 6.07) is 11.0. The Morgan fingerprint density at radius 1 is 1.30 bits per heavy atom. The normalized spacial score (nSPS) is 16.8. The van der Waals surface area contributed by atoms with Crippen LogP contribution in [0, 0.1) is 5.82 Å². The van der Waals surface area contributed by atoms with E-state index in [0.717, 1.165) is 12.8 Å². The number of amides is 1. The predicted molar refractivity (Wildman–Crippen MR) is 111 cm³/mol. The fraction of sp³-hybridized carbons (Fsp3) is 0.273. The molecule has 156 valence electrons. The van der Waals surface area contributed by atoms with E-state index in [0.29, 0.717) is 34.8 Å². The SMILES string of the molecule is COc1ccc(N=c2oc3ccc(Cl)cc3cc2C(=O)NC[C@@H]2CCCO2)cc1F. The zero-order valence-corrected chi connectivity index (χ0v) is 17.0. The van der Waals surface area contributed by atoms with Crippen molar-refractivity contribution in [3.8, 4) is 5.75 Å². The number of benzene rings is 2. The van der Waals surface area contributed by atoms with E-state index >= 15 is 0 Å². The average Bonchev–Trinajstić information content (AvgIpc) is 3.25. The van der Waals surface area contributed by atoms with Crippen LogP contribution in [-0.4, -0.2) is 32.3 Å². The molecule has 0 bridgehead atoms. The van der Waals surface area contributed by atoms with Crippen molar-refractivity contribution in [1.29, 1.82) is 0 Å². The summed E-state index contributed by atoms with van der Waals surface area (Å²) in [6.07, 6.45) is 1.88. The summed E-state index contributed by atoms with van der Waals surface area (Å²) in [5.74, 6) is -0.812. The molecule has 2 heterocycles. The van der Waals surface area contributed by atoms with Crippen LogP contribution in [0.5, 0.6) is 5.75 Å². The van der Waals surface area contributed by atoms with Crippen LogP contribution < -0.4 is 15.6 Å². The van der Waals surface area contributed by atoms with Gasteiger partial charge in [0.05, 0.1) is 18.9 Å². The highest BCUT2D eigenvalue weighted by Crippen LogP contribution is 2.23. The fourth-order valence-corrected chi connectivity index (χ4v) is 3.48. The summed E-state index contributed by atoms with van der Waals surface area (Å²) < 4.78 is 30.4. The molecule has 0 aliphatic carbocycles. The van der Waals surface area contributed by atoms with Gasteiger partial charge in [-0.15, -0.1) is 0 Å². The van der Waals surface area contributed by atoms with Crippen molar-refractivity contribution in [1.82, 2.24) is 5.32 Å². The summed E-state index contributed by atoms with van der Waals surface area (Å²) in [6.45, 7) is 1.09. The number of nitrogens with zero attached hydrogens (tertiary/aromatic N) is 1. The van der Waals surface area contributed by atoms with Gasteiger partial charge in [-0.3, -0.25) is 4.79 Å². The van der Waals surface area contributed by atoms with Crippen LogP contribution in [0.2, 0.25) is 5.02 Å². The zero-order chi connectivity index (χ0) is 21.1. The lowest BCUT2D eigenvalue weighted by atomic mass is 10.1. The summed E-state index contributed by atoms with van der Waals surface area (Å²) in [4.78, 5) is 17.3. The van der Waals surface area contributed by atoms with Crippen molar-refractivity contribution in [2.75, 3.05) is 20.3 Å². The molecule has 6 nitrogen and oxygen atoms in total. The molecule has 4 rings (SSSR count). The maximum absolute atomic E-state index is 14.1. The van der Waals surface area contributed by atoms with Gasteiger partial charge in [0.25, 0.3) is 5.91 Å². The number of rotatable bonds is 5. The Balaban J connectivity index is 1.75.